The molecule has 0 amide bonds. The van der Waals surface area contributed by atoms with Crippen molar-refractivity contribution in [1.82, 2.24) is 0 Å². The van der Waals surface area contributed by atoms with Gasteiger partial charge in [-0.2, -0.15) is 0 Å². The lowest BCUT2D eigenvalue weighted by atomic mass is 9.81. The van der Waals surface area contributed by atoms with Gasteiger partial charge in [0, 0.05) is 31.6 Å². The minimum absolute atomic E-state index is 0.160. The van der Waals surface area contributed by atoms with Crippen molar-refractivity contribution >= 4 is 11.5 Å². The lowest BCUT2D eigenvalue weighted by Gasteiger charge is -2.30. The SMILES string of the molecule is CC1CCC(=O)C(CN(C)c2ccc(O)cc2)C1. The maximum absolute atomic E-state index is 11.9. The molecule has 98 valence electrons. The summed E-state index contributed by atoms with van der Waals surface area (Å²) in [6, 6.07) is 7.12. The lowest BCUT2D eigenvalue weighted by molar-refractivity contribution is -0.125. The van der Waals surface area contributed by atoms with Gasteiger partial charge in [0.25, 0.3) is 0 Å². The first-order valence-corrected chi connectivity index (χ1v) is 6.59. The van der Waals surface area contributed by atoms with E-state index in [0.29, 0.717) is 11.7 Å². The summed E-state index contributed by atoms with van der Waals surface area (Å²) in [5.74, 6) is 1.49. The topological polar surface area (TPSA) is 40.5 Å². The van der Waals surface area contributed by atoms with Crippen molar-refractivity contribution in [1.29, 1.82) is 0 Å². The zero-order valence-electron chi connectivity index (χ0n) is 11.1. The van der Waals surface area contributed by atoms with Gasteiger partial charge in [0.2, 0.25) is 0 Å². The first kappa shape index (κ1) is 12.9. The molecule has 0 spiro atoms. The minimum atomic E-state index is 0.160. The molecule has 3 heteroatoms. The number of hydrogen-bond donors (Lipinski definition) is 1. The van der Waals surface area contributed by atoms with E-state index in [9.17, 15) is 9.90 Å². The molecule has 2 atom stereocenters. The normalized spacial score (nSPS) is 24.0. The number of nitrogens with zero attached hydrogens (tertiary/aromatic N) is 1. The summed E-state index contributed by atoms with van der Waals surface area (Å²) in [5, 5.41) is 9.26. The molecule has 0 bridgehead atoms. The molecule has 1 aromatic rings. The Balaban J connectivity index is 1.99. The van der Waals surface area contributed by atoms with Crippen LogP contribution in [0, 0.1) is 11.8 Å². The third kappa shape index (κ3) is 3.03. The van der Waals surface area contributed by atoms with Crippen molar-refractivity contribution in [2.75, 3.05) is 18.5 Å². The third-order valence-corrected chi connectivity index (χ3v) is 3.81. The van der Waals surface area contributed by atoms with Crippen LogP contribution in [-0.2, 0) is 4.79 Å². The summed E-state index contributed by atoms with van der Waals surface area (Å²) >= 11 is 0. The molecule has 1 saturated carbocycles. The molecule has 3 nitrogen and oxygen atoms in total. The van der Waals surface area contributed by atoms with Crippen molar-refractivity contribution in [2.24, 2.45) is 11.8 Å². The van der Waals surface area contributed by atoms with Crippen LogP contribution in [-0.4, -0.2) is 24.5 Å². The Bertz CT molecular complexity index is 413. The quantitative estimate of drug-likeness (QED) is 0.893. The number of benzene rings is 1. The van der Waals surface area contributed by atoms with Gasteiger partial charge >= 0.3 is 0 Å². The highest BCUT2D eigenvalue weighted by molar-refractivity contribution is 5.82. The predicted molar refractivity (Wildman–Crippen MR) is 72.9 cm³/mol. The Labute approximate surface area is 108 Å². The number of Topliss-reactive ketones (excluding diaryl/α,β-unsaturated/α-hetero) is 1. The van der Waals surface area contributed by atoms with E-state index in [0.717, 1.165) is 31.5 Å². The predicted octanol–water partition coefficient (Wildman–Crippen LogP) is 2.83. The summed E-state index contributed by atoms with van der Waals surface area (Å²) in [6.45, 7) is 2.99. The van der Waals surface area contributed by atoms with E-state index in [1.807, 2.05) is 19.2 Å². The number of phenols is 1. The second kappa shape index (κ2) is 5.42. The monoisotopic (exact) mass is 247 g/mol. The molecule has 0 aliphatic heterocycles. The van der Waals surface area contributed by atoms with E-state index >= 15 is 0 Å². The Kier molecular flexibility index (Phi) is 3.90. The van der Waals surface area contributed by atoms with Crippen LogP contribution >= 0.6 is 0 Å². The van der Waals surface area contributed by atoms with Gasteiger partial charge in [0.15, 0.2) is 0 Å². The van der Waals surface area contributed by atoms with Crippen LogP contribution in [0.15, 0.2) is 24.3 Å². The summed E-state index contributed by atoms with van der Waals surface area (Å²) in [4.78, 5) is 14.0. The fourth-order valence-electron chi connectivity index (χ4n) is 2.65. The molecule has 0 aromatic heterocycles. The number of ketones is 1. The van der Waals surface area contributed by atoms with Crippen LogP contribution in [0.5, 0.6) is 5.75 Å². The zero-order chi connectivity index (χ0) is 13.1. The van der Waals surface area contributed by atoms with E-state index in [-0.39, 0.29) is 11.7 Å². The molecule has 2 rings (SSSR count). The van der Waals surface area contributed by atoms with Crippen LogP contribution in [0.1, 0.15) is 26.2 Å². The van der Waals surface area contributed by atoms with Crippen molar-refractivity contribution < 1.29 is 9.90 Å². The molecule has 0 radical (unpaired) electrons. The van der Waals surface area contributed by atoms with E-state index in [2.05, 4.69) is 11.8 Å². The fourth-order valence-corrected chi connectivity index (χ4v) is 2.65. The molecular weight excluding hydrogens is 226 g/mol. The van der Waals surface area contributed by atoms with Crippen molar-refractivity contribution in [3.8, 4) is 5.75 Å². The maximum atomic E-state index is 11.9. The van der Waals surface area contributed by atoms with Gasteiger partial charge in [0.1, 0.15) is 11.5 Å². The Morgan fingerprint density at radius 1 is 1.33 bits per heavy atom. The standard InChI is InChI=1S/C15H21NO2/c1-11-3-8-15(18)12(9-11)10-16(2)13-4-6-14(17)7-5-13/h4-7,11-12,17H,3,8-10H2,1-2H3. The molecule has 0 heterocycles. The van der Waals surface area contributed by atoms with E-state index in [1.165, 1.54) is 0 Å². The summed E-state index contributed by atoms with van der Waals surface area (Å²) in [5.41, 5.74) is 1.04. The summed E-state index contributed by atoms with van der Waals surface area (Å²) in [7, 11) is 2.00. The molecule has 1 fully saturated rings. The number of phenolic OH excluding ortho intramolecular Hbond substituents is 1. The highest BCUT2D eigenvalue weighted by Crippen LogP contribution is 2.28. The molecule has 0 saturated heterocycles. The van der Waals surface area contributed by atoms with Gasteiger partial charge < -0.3 is 10.0 Å². The Morgan fingerprint density at radius 3 is 2.67 bits per heavy atom. The van der Waals surface area contributed by atoms with Crippen LogP contribution in [0.3, 0.4) is 0 Å². The van der Waals surface area contributed by atoms with Gasteiger partial charge in [-0.25, -0.2) is 0 Å². The number of carbonyl (C=O) groups is 1. The van der Waals surface area contributed by atoms with Gasteiger partial charge in [0.05, 0.1) is 0 Å². The number of aromatic hydroxyl groups is 1. The highest BCUT2D eigenvalue weighted by atomic mass is 16.3. The molecule has 18 heavy (non-hydrogen) atoms. The van der Waals surface area contributed by atoms with Gasteiger partial charge in [-0.1, -0.05) is 6.92 Å². The molecule has 1 N–H and O–H groups in total. The van der Waals surface area contributed by atoms with Crippen molar-refractivity contribution in [3.63, 3.8) is 0 Å². The first-order valence-electron chi connectivity index (χ1n) is 6.59. The molecule has 2 unspecified atom stereocenters. The van der Waals surface area contributed by atoms with Crippen LogP contribution < -0.4 is 4.90 Å². The fraction of sp³-hybridized carbons (Fsp3) is 0.533. The molecular formula is C15H21NO2. The highest BCUT2D eigenvalue weighted by Gasteiger charge is 2.27. The number of anilines is 1. The van der Waals surface area contributed by atoms with Gasteiger partial charge in [-0.05, 0) is 43.0 Å². The summed E-state index contributed by atoms with van der Waals surface area (Å²) < 4.78 is 0. The van der Waals surface area contributed by atoms with Crippen LogP contribution in [0.2, 0.25) is 0 Å². The lowest BCUT2D eigenvalue weighted by Crippen LogP contribution is -2.34. The Morgan fingerprint density at radius 2 is 2.00 bits per heavy atom. The van der Waals surface area contributed by atoms with E-state index in [1.54, 1.807) is 12.1 Å². The number of carbonyl (C=O) groups excluding carboxylic acids is 1. The summed E-state index contributed by atoms with van der Waals surface area (Å²) in [6.07, 6.45) is 2.77. The van der Waals surface area contributed by atoms with Gasteiger partial charge in [-0.15, -0.1) is 0 Å². The molecule has 1 aliphatic rings. The number of rotatable bonds is 3. The average Bonchev–Trinajstić information content (AvgIpc) is 2.34. The smallest absolute Gasteiger partial charge is 0.137 e. The number of hydrogen-bond acceptors (Lipinski definition) is 3. The second-order valence-electron chi connectivity index (χ2n) is 5.44. The van der Waals surface area contributed by atoms with Crippen LogP contribution in [0.4, 0.5) is 5.69 Å². The minimum Gasteiger partial charge on any atom is -0.508 e. The average molecular weight is 247 g/mol. The van der Waals surface area contributed by atoms with E-state index in [4.69, 9.17) is 0 Å². The van der Waals surface area contributed by atoms with Gasteiger partial charge in [-0.3, -0.25) is 4.79 Å². The van der Waals surface area contributed by atoms with Crippen molar-refractivity contribution in [2.45, 2.75) is 26.2 Å². The molecule has 1 aromatic carbocycles. The Hall–Kier alpha value is -1.51. The third-order valence-electron chi connectivity index (χ3n) is 3.81. The maximum Gasteiger partial charge on any atom is 0.137 e. The second-order valence-corrected chi connectivity index (χ2v) is 5.44. The molecule has 1 aliphatic carbocycles. The van der Waals surface area contributed by atoms with Crippen molar-refractivity contribution in [3.05, 3.63) is 24.3 Å². The van der Waals surface area contributed by atoms with E-state index < -0.39 is 0 Å². The largest absolute Gasteiger partial charge is 0.508 e. The first-order chi connectivity index (χ1) is 8.56. The zero-order valence-corrected chi connectivity index (χ0v) is 11.1. The van der Waals surface area contributed by atoms with Crippen LogP contribution in [0.25, 0.3) is 0 Å².